The topological polar surface area (TPSA) is 43.4 Å². The van der Waals surface area contributed by atoms with Crippen molar-refractivity contribution in [3.8, 4) is 5.75 Å². The first kappa shape index (κ1) is 12.3. The van der Waals surface area contributed by atoms with E-state index in [1.54, 1.807) is 32.0 Å². The second-order valence-corrected chi connectivity index (χ2v) is 5.15. The average Bonchev–Trinajstić information content (AvgIpc) is 2.28. The number of carbonyl (C=O) groups excluding carboxylic acids is 2. The van der Waals surface area contributed by atoms with Gasteiger partial charge in [0.2, 0.25) is 0 Å². The number of Topliss-reactive ketones (excluding diaryl/α,β-unsaturated/α-hetero) is 2. The number of carbonyl (C=O) groups is 2. The Kier molecular flexibility index (Phi) is 3.08. The molecule has 0 bridgehead atoms. The number of alkyl halides is 1. The Bertz CT molecular complexity index is 491. The molecule has 0 atom stereocenters. The molecule has 0 aliphatic carbocycles. The molecule has 4 heteroatoms. The third-order valence-corrected chi connectivity index (χ3v) is 3.41. The first-order valence-corrected chi connectivity index (χ1v) is 6.50. The summed E-state index contributed by atoms with van der Waals surface area (Å²) in [5.74, 6) is 0.706. The summed E-state index contributed by atoms with van der Waals surface area (Å²) in [7, 11) is 0. The summed E-state index contributed by atoms with van der Waals surface area (Å²) in [5.41, 5.74) is 0.648. The Balaban J connectivity index is 2.41. The molecule has 0 amide bonds. The van der Waals surface area contributed by atoms with Crippen molar-refractivity contribution in [1.82, 2.24) is 0 Å². The normalized spacial score (nSPS) is 17.2. The molecule has 0 radical (unpaired) electrons. The first-order valence-electron chi connectivity index (χ1n) is 5.38. The van der Waals surface area contributed by atoms with Gasteiger partial charge >= 0.3 is 0 Å². The fraction of sp³-hybridized carbons (Fsp3) is 0.385. The van der Waals surface area contributed by atoms with Crippen LogP contribution >= 0.6 is 15.9 Å². The highest BCUT2D eigenvalue weighted by atomic mass is 79.9. The lowest BCUT2D eigenvalue weighted by atomic mass is 9.92. The minimum atomic E-state index is -0.803. The molecule has 1 aromatic rings. The second-order valence-electron chi connectivity index (χ2n) is 4.59. The van der Waals surface area contributed by atoms with Crippen molar-refractivity contribution in [2.24, 2.45) is 0 Å². The minimum Gasteiger partial charge on any atom is -0.480 e. The fourth-order valence-corrected chi connectivity index (χ4v) is 2.09. The van der Waals surface area contributed by atoms with Crippen molar-refractivity contribution >= 4 is 27.5 Å². The van der Waals surface area contributed by atoms with Crippen LogP contribution in [0.1, 0.15) is 29.8 Å². The smallest absolute Gasteiger partial charge is 0.180 e. The van der Waals surface area contributed by atoms with E-state index in [-0.39, 0.29) is 16.9 Å². The number of fused-ring (bicyclic) bond motifs is 1. The molecular formula is C13H13BrO3. The molecule has 1 aliphatic rings. The lowest BCUT2D eigenvalue weighted by Gasteiger charge is -2.31. The van der Waals surface area contributed by atoms with Gasteiger partial charge in [-0.25, -0.2) is 0 Å². The van der Waals surface area contributed by atoms with Gasteiger partial charge in [-0.05, 0) is 19.9 Å². The van der Waals surface area contributed by atoms with E-state index in [2.05, 4.69) is 15.9 Å². The molecule has 2 rings (SSSR count). The maximum atomic E-state index is 11.8. The van der Waals surface area contributed by atoms with Gasteiger partial charge < -0.3 is 4.74 Å². The molecule has 0 saturated heterocycles. The van der Waals surface area contributed by atoms with Gasteiger partial charge in [-0.3, -0.25) is 9.59 Å². The van der Waals surface area contributed by atoms with E-state index >= 15 is 0 Å². The zero-order valence-corrected chi connectivity index (χ0v) is 11.3. The molecule has 90 valence electrons. The molecule has 0 N–H and O–H groups in total. The minimum absolute atomic E-state index is 0.00565. The van der Waals surface area contributed by atoms with Crippen LogP contribution in [0.2, 0.25) is 0 Å². The Morgan fingerprint density at radius 1 is 1.47 bits per heavy atom. The lowest BCUT2D eigenvalue weighted by Crippen LogP contribution is -2.42. The second kappa shape index (κ2) is 4.26. The van der Waals surface area contributed by atoms with Gasteiger partial charge in [0.05, 0.1) is 5.33 Å². The highest BCUT2D eigenvalue weighted by Gasteiger charge is 2.35. The number of hydrogen-bond donors (Lipinski definition) is 0. The molecule has 0 fully saturated rings. The number of ketones is 2. The van der Waals surface area contributed by atoms with E-state index in [1.807, 2.05) is 0 Å². The molecule has 0 spiro atoms. The maximum absolute atomic E-state index is 11.8. The zero-order valence-electron chi connectivity index (χ0n) is 9.75. The van der Waals surface area contributed by atoms with Crippen LogP contribution in [0.15, 0.2) is 18.2 Å². The van der Waals surface area contributed by atoms with Crippen molar-refractivity contribution in [1.29, 1.82) is 0 Å². The van der Waals surface area contributed by atoms with Crippen molar-refractivity contribution in [3.05, 3.63) is 29.3 Å². The third kappa shape index (κ3) is 2.27. The number of benzene rings is 1. The first-order chi connectivity index (χ1) is 7.94. The highest BCUT2D eigenvalue weighted by Crippen LogP contribution is 2.31. The zero-order chi connectivity index (χ0) is 12.6. The van der Waals surface area contributed by atoms with E-state index < -0.39 is 5.60 Å². The molecule has 3 nitrogen and oxygen atoms in total. The predicted octanol–water partition coefficient (Wildman–Crippen LogP) is 2.55. The van der Waals surface area contributed by atoms with Gasteiger partial charge in [-0.15, -0.1) is 0 Å². The molecular weight excluding hydrogens is 284 g/mol. The fourth-order valence-electron chi connectivity index (χ4n) is 1.76. The Hall–Kier alpha value is -1.16. The van der Waals surface area contributed by atoms with Crippen LogP contribution < -0.4 is 4.74 Å². The summed E-state index contributed by atoms with van der Waals surface area (Å²) in [6.07, 6.45) is 0.366. The van der Waals surface area contributed by atoms with Crippen LogP contribution in [-0.2, 0) is 11.2 Å². The van der Waals surface area contributed by atoms with Crippen LogP contribution in [0, 0.1) is 0 Å². The summed E-state index contributed by atoms with van der Waals surface area (Å²) in [4.78, 5) is 23.3. The Labute approximate surface area is 108 Å². The van der Waals surface area contributed by atoms with E-state index in [1.165, 1.54) is 0 Å². The number of rotatable bonds is 2. The van der Waals surface area contributed by atoms with Crippen LogP contribution in [0.25, 0.3) is 0 Å². The number of hydrogen-bond acceptors (Lipinski definition) is 3. The van der Waals surface area contributed by atoms with Crippen LogP contribution in [-0.4, -0.2) is 22.5 Å². The molecule has 1 heterocycles. The SMILES string of the molecule is CC1(C)Oc2cc(C(=O)CBr)ccc2CC1=O. The predicted molar refractivity (Wildman–Crippen MR) is 68.0 cm³/mol. The van der Waals surface area contributed by atoms with Gasteiger partial charge in [0.1, 0.15) is 5.75 Å². The standard InChI is InChI=1S/C13H13BrO3/c1-13(2)12(16)6-9-4-3-8(10(15)7-14)5-11(9)17-13/h3-5H,6-7H2,1-2H3. The number of halogens is 1. The van der Waals surface area contributed by atoms with Crippen molar-refractivity contribution in [2.75, 3.05) is 5.33 Å². The summed E-state index contributed by atoms with van der Waals surface area (Å²) in [5, 5.41) is 0.286. The molecule has 1 aliphatic heterocycles. The van der Waals surface area contributed by atoms with E-state index in [0.29, 0.717) is 17.7 Å². The van der Waals surface area contributed by atoms with Crippen LogP contribution in [0.3, 0.4) is 0 Å². The van der Waals surface area contributed by atoms with Crippen molar-refractivity contribution < 1.29 is 14.3 Å². The Morgan fingerprint density at radius 3 is 2.82 bits per heavy atom. The molecule has 17 heavy (non-hydrogen) atoms. The van der Waals surface area contributed by atoms with E-state index in [4.69, 9.17) is 4.74 Å². The monoisotopic (exact) mass is 296 g/mol. The van der Waals surface area contributed by atoms with Gasteiger partial charge in [-0.1, -0.05) is 28.1 Å². The van der Waals surface area contributed by atoms with Gasteiger partial charge in [0, 0.05) is 17.5 Å². The Morgan fingerprint density at radius 2 is 2.18 bits per heavy atom. The van der Waals surface area contributed by atoms with Crippen molar-refractivity contribution in [2.45, 2.75) is 25.9 Å². The summed E-state index contributed by atoms with van der Waals surface area (Å²) in [6.45, 7) is 3.49. The highest BCUT2D eigenvalue weighted by molar-refractivity contribution is 9.09. The number of ether oxygens (including phenoxy) is 1. The van der Waals surface area contributed by atoms with Gasteiger partial charge in [0.25, 0.3) is 0 Å². The van der Waals surface area contributed by atoms with E-state index in [0.717, 1.165) is 5.56 Å². The summed E-state index contributed by atoms with van der Waals surface area (Å²) in [6, 6.07) is 5.24. The molecule has 0 unspecified atom stereocenters. The average molecular weight is 297 g/mol. The van der Waals surface area contributed by atoms with Crippen LogP contribution in [0.4, 0.5) is 0 Å². The third-order valence-electron chi connectivity index (χ3n) is 2.90. The largest absolute Gasteiger partial charge is 0.480 e. The van der Waals surface area contributed by atoms with E-state index in [9.17, 15) is 9.59 Å². The lowest BCUT2D eigenvalue weighted by molar-refractivity contribution is -0.132. The molecule has 0 aromatic heterocycles. The quantitative estimate of drug-likeness (QED) is 0.622. The van der Waals surface area contributed by atoms with Gasteiger partial charge in [0.15, 0.2) is 17.2 Å². The molecule has 0 saturated carbocycles. The molecule has 1 aromatic carbocycles. The summed E-state index contributed by atoms with van der Waals surface area (Å²) < 4.78 is 5.65. The van der Waals surface area contributed by atoms with Crippen molar-refractivity contribution in [3.63, 3.8) is 0 Å². The maximum Gasteiger partial charge on any atom is 0.180 e. The van der Waals surface area contributed by atoms with Crippen LogP contribution in [0.5, 0.6) is 5.75 Å². The summed E-state index contributed by atoms with van der Waals surface area (Å²) >= 11 is 3.14. The van der Waals surface area contributed by atoms with Gasteiger partial charge in [-0.2, -0.15) is 0 Å².